The summed E-state index contributed by atoms with van der Waals surface area (Å²) in [6.45, 7) is 3.86. The third-order valence-corrected chi connectivity index (χ3v) is 3.13. The van der Waals surface area contributed by atoms with E-state index in [0.717, 1.165) is 28.7 Å². The zero-order valence-electron chi connectivity index (χ0n) is 11.5. The van der Waals surface area contributed by atoms with Crippen molar-refractivity contribution in [3.8, 4) is 0 Å². The Hall–Kier alpha value is -1.36. The number of hydrogen-bond donors (Lipinski definition) is 1. The van der Waals surface area contributed by atoms with Crippen LogP contribution in [0.25, 0.3) is 11.0 Å². The minimum Gasteiger partial charge on any atom is -0.459 e. The van der Waals surface area contributed by atoms with Crippen LogP contribution in [0.2, 0.25) is 0 Å². The number of furan rings is 1. The van der Waals surface area contributed by atoms with Gasteiger partial charge in [-0.05, 0) is 25.0 Å². The summed E-state index contributed by atoms with van der Waals surface area (Å²) in [5, 5.41) is 1.10. The predicted molar refractivity (Wildman–Crippen MR) is 75.2 cm³/mol. The third-order valence-electron chi connectivity index (χ3n) is 3.13. The largest absolute Gasteiger partial charge is 0.459 e. The highest BCUT2D eigenvalue weighted by molar-refractivity contribution is 5.80. The number of benzene rings is 1. The van der Waals surface area contributed by atoms with Crippen LogP contribution in [0, 0.1) is 6.92 Å². The average molecular weight is 263 g/mol. The molecule has 0 fully saturated rings. The topological polar surface area (TPSA) is 57.6 Å². The van der Waals surface area contributed by atoms with Crippen LogP contribution in [0.3, 0.4) is 0 Å². The Morgan fingerprint density at radius 3 is 2.84 bits per heavy atom. The van der Waals surface area contributed by atoms with Gasteiger partial charge in [0.05, 0.1) is 19.3 Å². The van der Waals surface area contributed by atoms with Crippen LogP contribution >= 0.6 is 0 Å². The molecule has 1 aromatic heterocycles. The second-order valence-corrected chi connectivity index (χ2v) is 4.64. The van der Waals surface area contributed by atoms with E-state index < -0.39 is 0 Å². The lowest BCUT2D eigenvalue weighted by Gasteiger charge is -2.08. The van der Waals surface area contributed by atoms with Crippen LogP contribution in [-0.4, -0.2) is 26.9 Å². The maximum Gasteiger partial charge on any atom is 0.137 e. The van der Waals surface area contributed by atoms with Crippen LogP contribution in [-0.2, 0) is 9.47 Å². The van der Waals surface area contributed by atoms with Crippen molar-refractivity contribution in [1.82, 2.24) is 0 Å². The van der Waals surface area contributed by atoms with E-state index in [9.17, 15) is 0 Å². The van der Waals surface area contributed by atoms with Gasteiger partial charge >= 0.3 is 0 Å². The minimum atomic E-state index is -0.130. The summed E-state index contributed by atoms with van der Waals surface area (Å²) in [4.78, 5) is 0. The fourth-order valence-electron chi connectivity index (χ4n) is 2.01. The van der Waals surface area contributed by atoms with Crippen molar-refractivity contribution in [2.24, 2.45) is 5.73 Å². The quantitative estimate of drug-likeness (QED) is 0.780. The molecule has 0 saturated carbocycles. The fraction of sp³-hybridized carbons (Fsp3) is 0.467. The van der Waals surface area contributed by atoms with Crippen molar-refractivity contribution in [3.05, 3.63) is 35.6 Å². The van der Waals surface area contributed by atoms with E-state index in [4.69, 9.17) is 19.6 Å². The summed E-state index contributed by atoms with van der Waals surface area (Å²) in [7, 11) is 1.66. The van der Waals surface area contributed by atoms with Gasteiger partial charge in [0.25, 0.3) is 0 Å². The van der Waals surface area contributed by atoms with Gasteiger partial charge in [0.15, 0.2) is 0 Å². The van der Waals surface area contributed by atoms with E-state index in [0.29, 0.717) is 19.8 Å². The molecule has 1 atom stereocenters. The first kappa shape index (κ1) is 14.1. The maximum absolute atomic E-state index is 6.12. The first-order valence-corrected chi connectivity index (χ1v) is 6.53. The lowest BCUT2D eigenvalue weighted by Crippen LogP contribution is -2.13. The molecule has 2 N–H and O–H groups in total. The minimum absolute atomic E-state index is 0.130. The summed E-state index contributed by atoms with van der Waals surface area (Å²) < 4.78 is 16.2. The summed E-state index contributed by atoms with van der Waals surface area (Å²) in [5.41, 5.74) is 8.17. The predicted octanol–water partition coefficient (Wildman–Crippen LogP) is 2.79. The SMILES string of the molecule is COCCOCCC(N)c1cc2cccc(C)c2o1. The molecule has 0 radical (unpaired) electrons. The number of fused-ring (bicyclic) bond motifs is 1. The Balaban J connectivity index is 1.94. The Kier molecular flexibility index (Phi) is 4.96. The summed E-state index contributed by atoms with van der Waals surface area (Å²) in [6.07, 6.45) is 0.739. The van der Waals surface area contributed by atoms with Crippen molar-refractivity contribution in [3.63, 3.8) is 0 Å². The van der Waals surface area contributed by atoms with Gasteiger partial charge in [0, 0.05) is 19.1 Å². The molecule has 104 valence electrons. The molecule has 2 rings (SSSR count). The van der Waals surface area contributed by atoms with Gasteiger partial charge in [0.1, 0.15) is 11.3 Å². The fourth-order valence-corrected chi connectivity index (χ4v) is 2.01. The molecule has 0 aliphatic carbocycles. The first-order chi connectivity index (χ1) is 9.22. The molecule has 1 heterocycles. The molecular weight excluding hydrogens is 242 g/mol. The van der Waals surface area contributed by atoms with E-state index >= 15 is 0 Å². The van der Waals surface area contributed by atoms with Crippen LogP contribution in [0.4, 0.5) is 0 Å². The highest BCUT2D eigenvalue weighted by atomic mass is 16.5. The summed E-state index contributed by atoms with van der Waals surface area (Å²) >= 11 is 0. The van der Waals surface area contributed by atoms with Crippen LogP contribution in [0.5, 0.6) is 0 Å². The first-order valence-electron chi connectivity index (χ1n) is 6.53. The number of hydrogen-bond acceptors (Lipinski definition) is 4. The molecule has 4 nitrogen and oxygen atoms in total. The summed E-state index contributed by atoms with van der Waals surface area (Å²) in [6, 6.07) is 7.99. The Morgan fingerprint density at radius 2 is 2.11 bits per heavy atom. The van der Waals surface area contributed by atoms with Gasteiger partial charge in [-0.25, -0.2) is 0 Å². The van der Waals surface area contributed by atoms with Crippen molar-refractivity contribution in [2.45, 2.75) is 19.4 Å². The molecule has 1 aromatic carbocycles. The van der Waals surface area contributed by atoms with Gasteiger partial charge in [0.2, 0.25) is 0 Å². The molecule has 19 heavy (non-hydrogen) atoms. The smallest absolute Gasteiger partial charge is 0.137 e. The highest BCUT2D eigenvalue weighted by Crippen LogP contribution is 2.26. The number of nitrogens with two attached hydrogens (primary N) is 1. The second kappa shape index (κ2) is 6.70. The number of rotatable bonds is 7. The lowest BCUT2D eigenvalue weighted by atomic mass is 10.1. The zero-order valence-corrected chi connectivity index (χ0v) is 11.5. The molecule has 4 heteroatoms. The van der Waals surface area contributed by atoms with Gasteiger partial charge in [-0.3, -0.25) is 0 Å². The number of aryl methyl sites for hydroxylation is 1. The van der Waals surface area contributed by atoms with Crippen molar-refractivity contribution in [1.29, 1.82) is 0 Å². The van der Waals surface area contributed by atoms with Crippen molar-refractivity contribution >= 4 is 11.0 Å². The van der Waals surface area contributed by atoms with Crippen LogP contribution in [0.15, 0.2) is 28.7 Å². The molecule has 0 bridgehead atoms. The molecule has 0 saturated heterocycles. The summed E-state index contributed by atoms with van der Waals surface area (Å²) in [5.74, 6) is 0.819. The molecule has 0 amide bonds. The van der Waals surface area contributed by atoms with Gasteiger partial charge in [-0.1, -0.05) is 18.2 Å². The lowest BCUT2D eigenvalue weighted by molar-refractivity contribution is 0.0665. The van der Waals surface area contributed by atoms with E-state index in [1.807, 2.05) is 31.2 Å². The van der Waals surface area contributed by atoms with Crippen molar-refractivity contribution in [2.75, 3.05) is 26.9 Å². The zero-order chi connectivity index (χ0) is 13.7. The normalized spacial score (nSPS) is 13.0. The molecule has 1 unspecified atom stereocenters. The van der Waals surface area contributed by atoms with E-state index in [-0.39, 0.29) is 6.04 Å². The van der Waals surface area contributed by atoms with Gasteiger partial charge in [-0.15, -0.1) is 0 Å². The van der Waals surface area contributed by atoms with Gasteiger partial charge in [-0.2, -0.15) is 0 Å². The van der Waals surface area contributed by atoms with E-state index in [1.54, 1.807) is 7.11 Å². The van der Waals surface area contributed by atoms with Gasteiger partial charge < -0.3 is 19.6 Å². The molecule has 0 aliphatic heterocycles. The maximum atomic E-state index is 6.12. The van der Waals surface area contributed by atoms with Crippen molar-refractivity contribution < 1.29 is 13.9 Å². The molecule has 0 spiro atoms. The van der Waals surface area contributed by atoms with E-state index in [2.05, 4.69) is 0 Å². The number of para-hydroxylation sites is 1. The molecule has 0 aliphatic rings. The average Bonchev–Trinajstić information content (AvgIpc) is 2.84. The second-order valence-electron chi connectivity index (χ2n) is 4.64. The van der Waals surface area contributed by atoms with Crippen LogP contribution in [0.1, 0.15) is 23.8 Å². The van der Waals surface area contributed by atoms with Crippen LogP contribution < -0.4 is 5.73 Å². The Labute approximate surface area is 113 Å². The number of methoxy groups -OCH3 is 1. The Bertz CT molecular complexity index is 521. The van der Waals surface area contributed by atoms with E-state index in [1.165, 1.54) is 0 Å². The standard InChI is InChI=1S/C15H21NO3/c1-11-4-3-5-12-10-14(19-15(11)12)13(16)6-7-18-9-8-17-2/h3-5,10,13H,6-9,16H2,1-2H3. The monoisotopic (exact) mass is 263 g/mol. The Morgan fingerprint density at radius 1 is 1.26 bits per heavy atom. The molecular formula is C15H21NO3. The molecule has 2 aromatic rings. The highest BCUT2D eigenvalue weighted by Gasteiger charge is 2.12. The number of ether oxygens (including phenoxy) is 2. The third kappa shape index (κ3) is 3.56.